The van der Waals surface area contributed by atoms with E-state index in [0.717, 1.165) is 60.7 Å². The van der Waals surface area contributed by atoms with E-state index < -0.39 is 0 Å². The van der Waals surface area contributed by atoms with Gasteiger partial charge in [0, 0.05) is 62.6 Å². The number of ether oxygens (including phenoxy) is 1. The van der Waals surface area contributed by atoms with Gasteiger partial charge in [0.2, 0.25) is 0 Å². The molecule has 5 rings (SSSR count). The Balaban J connectivity index is 1.12. The van der Waals surface area contributed by atoms with Crippen LogP contribution in [0, 0.1) is 11.7 Å². The van der Waals surface area contributed by atoms with E-state index in [-0.39, 0.29) is 5.82 Å². The van der Waals surface area contributed by atoms with Gasteiger partial charge in [0.15, 0.2) is 22.5 Å². The molecule has 174 valence electrons. The van der Waals surface area contributed by atoms with Gasteiger partial charge in [0.25, 0.3) is 0 Å². The summed E-state index contributed by atoms with van der Waals surface area (Å²) in [6, 6.07) is 5.69. The summed E-state index contributed by atoms with van der Waals surface area (Å²) < 4.78 is 21.0. The zero-order valence-electron chi connectivity index (χ0n) is 18.9. The summed E-state index contributed by atoms with van der Waals surface area (Å²) in [5.41, 5.74) is 1.78. The summed E-state index contributed by atoms with van der Waals surface area (Å²) in [5.74, 6) is 2.39. The Labute approximate surface area is 197 Å². The molecule has 2 aromatic heterocycles. The second-order valence-electron chi connectivity index (χ2n) is 8.55. The molecule has 1 aromatic carbocycles. The first-order valence-electron chi connectivity index (χ1n) is 11.2. The molecule has 0 bridgehead atoms. The highest BCUT2D eigenvalue weighted by Gasteiger charge is 2.41. The maximum absolute atomic E-state index is 13.8. The molecule has 10 heteroatoms. The molecule has 4 heterocycles. The number of hydrogen-bond acceptors (Lipinski definition) is 8. The van der Waals surface area contributed by atoms with E-state index in [4.69, 9.17) is 4.74 Å². The lowest BCUT2D eigenvalue weighted by molar-refractivity contribution is 0.319. The van der Waals surface area contributed by atoms with Gasteiger partial charge in [-0.05, 0) is 37.4 Å². The first-order chi connectivity index (χ1) is 16.1. The van der Waals surface area contributed by atoms with Gasteiger partial charge in [0.1, 0.15) is 5.69 Å². The van der Waals surface area contributed by atoms with Crippen LogP contribution < -0.4 is 9.64 Å². The number of benzene rings is 1. The lowest BCUT2D eigenvalue weighted by Gasteiger charge is -2.27. The summed E-state index contributed by atoms with van der Waals surface area (Å²) in [7, 11) is 3.48. The van der Waals surface area contributed by atoms with Crippen LogP contribution in [0.15, 0.2) is 41.9 Å². The van der Waals surface area contributed by atoms with Crippen LogP contribution in [0.25, 0.3) is 11.5 Å². The van der Waals surface area contributed by atoms with E-state index in [1.54, 1.807) is 30.4 Å². The van der Waals surface area contributed by atoms with Crippen LogP contribution >= 0.6 is 11.8 Å². The van der Waals surface area contributed by atoms with E-state index in [1.807, 2.05) is 23.7 Å². The summed E-state index contributed by atoms with van der Waals surface area (Å²) in [5, 5.41) is 9.49. The van der Waals surface area contributed by atoms with Crippen molar-refractivity contribution in [1.82, 2.24) is 29.6 Å². The van der Waals surface area contributed by atoms with Crippen molar-refractivity contribution >= 4 is 17.4 Å². The van der Waals surface area contributed by atoms with Gasteiger partial charge < -0.3 is 19.1 Å². The molecule has 2 atom stereocenters. The molecule has 0 N–H and O–H groups in total. The summed E-state index contributed by atoms with van der Waals surface area (Å²) >= 11 is 1.72. The van der Waals surface area contributed by atoms with Gasteiger partial charge >= 0.3 is 0 Å². The summed E-state index contributed by atoms with van der Waals surface area (Å²) in [6.45, 7) is 4.27. The van der Waals surface area contributed by atoms with Crippen molar-refractivity contribution in [3.63, 3.8) is 0 Å². The molecular weight excluding hydrogens is 441 g/mol. The number of hydrogen-bond donors (Lipinski definition) is 0. The van der Waals surface area contributed by atoms with E-state index in [0.29, 0.717) is 17.7 Å². The number of thioether (sulfide) groups is 1. The molecular formula is C23H28FN7OS. The minimum Gasteiger partial charge on any atom is -0.494 e. The molecule has 2 fully saturated rings. The van der Waals surface area contributed by atoms with Crippen LogP contribution in [-0.2, 0) is 7.05 Å². The monoisotopic (exact) mass is 469 g/mol. The fraction of sp³-hybridized carbons (Fsp3) is 0.478. The van der Waals surface area contributed by atoms with Crippen molar-refractivity contribution in [3.8, 4) is 17.3 Å². The van der Waals surface area contributed by atoms with E-state index >= 15 is 0 Å². The Bertz CT molecular complexity index is 1100. The molecule has 0 spiro atoms. The Morgan fingerprint density at radius 1 is 1.21 bits per heavy atom. The van der Waals surface area contributed by atoms with E-state index in [2.05, 4.69) is 30.0 Å². The van der Waals surface area contributed by atoms with Crippen molar-refractivity contribution in [2.24, 2.45) is 13.0 Å². The van der Waals surface area contributed by atoms with Crippen molar-refractivity contribution < 1.29 is 9.13 Å². The molecule has 0 aliphatic carbocycles. The Morgan fingerprint density at radius 2 is 2.12 bits per heavy atom. The van der Waals surface area contributed by atoms with Gasteiger partial charge in [-0.15, -0.1) is 10.2 Å². The minimum atomic E-state index is -0.311. The second-order valence-corrected chi connectivity index (χ2v) is 9.61. The third kappa shape index (κ3) is 4.54. The highest BCUT2D eigenvalue weighted by molar-refractivity contribution is 7.99. The van der Waals surface area contributed by atoms with E-state index in [1.165, 1.54) is 19.6 Å². The number of anilines is 1. The van der Waals surface area contributed by atoms with Crippen LogP contribution in [0.3, 0.4) is 0 Å². The van der Waals surface area contributed by atoms with Crippen LogP contribution in [-0.4, -0.2) is 74.7 Å². The highest BCUT2D eigenvalue weighted by atomic mass is 32.2. The quantitative estimate of drug-likeness (QED) is 0.368. The van der Waals surface area contributed by atoms with Crippen LogP contribution in [0.1, 0.15) is 12.8 Å². The maximum atomic E-state index is 13.8. The number of fused-ring (bicyclic) bond motifs is 1. The minimum absolute atomic E-state index is 0.311. The number of likely N-dealkylation sites (tertiary alicyclic amines) is 1. The fourth-order valence-corrected chi connectivity index (χ4v) is 5.74. The van der Waals surface area contributed by atoms with Crippen molar-refractivity contribution in [1.29, 1.82) is 0 Å². The second kappa shape index (κ2) is 9.64. The third-order valence-corrected chi connectivity index (χ3v) is 7.67. The van der Waals surface area contributed by atoms with Crippen LogP contribution in [0.4, 0.5) is 10.1 Å². The number of rotatable bonds is 8. The SMILES string of the molecule is COc1cc(N2CC[C@@H]3CN(CCCSc4nnc(-c5cnccn5)n4C)C[C@@H]32)ccc1F. The topological polar surface area (TPSA) is 72.2 Å². The molecule has 0 amide bonds. The molecule has 33 heavy (non-hydrogen) atoms. The molecule has 0 unspecified atom stereocenters. The number of methoxy groups -OCH3 is 1. The van der Waals surface area contributed by atoms with Gasteiger partial charge in [-0.2, -0.15) is 0 Å². The standard InChI is InChI=1S/C23H28FN7OS/c1-29-22(19-13-25-7-8-26-19)27-28-23(29)33-11-3-9-30-14-16-6-10-31(20(16)15-30)17-4-5-18(24)21(12-17)32-2/h4-5,7-8,12-13,16,20H,3,6,9-11,14-15H2,1-2H3/t16-,20+/m1/s1. The highest BCUT2D eigenvalue weighted by Crippen LogP contribution is 2.37. The molecule has 2 saturated heterocycles. The Hall–Kier alpha value is -2.72. The van der Waals surface area contributed by atoms with Gasteiger partial charge in [-0.25, -0.2) is 9.37 Å². The van der Waals surface area contributed by atoms with Gasteiger partial charge in [0.05, 0.1) is 13.3 Å². The predicted octanol–water partition coefficient (Wildman–Crippen LogP) is 3.11. The third-order valence-electron chi connectivity index (χ3n) is 6.57. The molecule has 2 aliphatic heterocycles. The molecule has 0 saturated carbocycles. The van der Waals surface area contributed by atoms with Crippen LogP contribution in [0.5, 0.6) is 5.75 Å². The largest absolute Gasteiger partial charge is 0.494 e. The number of nitrogens with zero attached hydrogens (tertiary/aromatic N) is 7. The lowest BCUT2D eigenvalue weighted by atomic mass is 10.0. The van der Waals surface area contributed by atoms with Crippen molar-refractivity contribution in [2.75, 3.05) is 43.9 Å². The first kappa shape index (κ1) is 22.1. The normalized spacial score (nSPS) is 20.4. The summed E-state index contributed by atoms with van der Waals surface area (Å²) in [4.78, 5) is 13.4. The molecule has 3 aromatic rings. The van der Waals surface area contributed by atoms with Crippen molar-refractivity contribution in [3.05, 3.63) is 42.6 Å². The fourth-order valence-electron chi connectivity index (χ4n) is 4.91. The summed E-state index contributed by atoms with van der Waals surface area (Å²) in [6.07, 6.45) is 7.28. The number of aromatic nitrogens is 5. The van der Waals surface area contributed by atoms with Gasteiger partial charge in [-0.1, -0.05) is 11.8 Å². The Morgan fingerprint density at radius 3 is 2.94 bits per heavy atom. The van der Waals surface area contributed by atoms with E-state index in [9.17, 15) is 4.39 Å². The average Bonchev–Trinajstić information content (AvgIpc) is 3.52. The predicted molar refractivity (Wildman–Crippen MR) is 126 cm³/mol. The number of halogens is 1. The lowest BCUT2D eigenvalue weighted by Crippen LogP contribution is -2.35. The Kier molecular flexibility index (Phi) is 6.45. The maximum Gasteiger partial charge on any atom is 0.191 e. The van der Waals surface area contributed by atoms with Crippen molar-refractivity contribution in [2.45, 2.75) is 24.0 Å². The zero-order chi connectivity index (χ0) is 22.8. The molecule has 0 radical (unpaired) electrons. The first-order valence-corrected chi connectivity index (χ1v) is 12.2. The zero-order valence-corrected chi connectivity index (χ0v) is 19.7. The molecule has 2 aliphatic rings. The van der Waals surface area contributed by atoms with Gasteiger partial charge in [-0.3, -0.25) is 4.98 Å². The molecule has 8 nitrogen and oxygen atoms in total. The van der Waals surface area contributed by atoms with Crippen LogP contribution in [0.2, 0.25) is 0 Å². The smallest absolute Gasteiger partial charge is 0.191 e. The average molecular weight is 470 g/mol.